The van der Waals surface area contributed by atoms with E-state index in [4.69, 9.17) is 10.5 Å². The molecule has 3 nitrogen and oxygen atoms in total. The number of aromatic nitrogens is 1. The summed E-state index contributed by atoms with van der Waals surface area (Å²) in [6, 6.07) is 10.1. The van der Waals surface area contributed by atoms with Gasteiger partial charge < -0.3 is 10.5 Å². The Morgan fingerprint density at radius 1 is 1.28 bits per heavy atom. The van der Waals surface area contributed by atoms with Crippen molar-refractivity contribution in [1.82, 2.24) is 4.98 Å². The van der Waals surface area contributed by atoms with Crippen LogP contribution in [0.1, 0.15) is 24.4 Å². The van der Waals surface area contributed by atoms with Gasteiger partial charge in [0.2, 0.25) is 0 Å². The van der Waals surface area contributed by atoms with Crippen molar-refractivity contribution < 1.29 is 4.74 Å². The molecule has 3 rings (SSSR count). The van der Waals surface area contributed by atoms with Crippen molar-refractivity contribution in [1.29, 1.82) is 0 Å². The minimum atomic E-state index is -0.0737. The number of nitrogens with zero attached hydrogens (tertiary/aromatic N) is 1. The predicted molar refractivity (Wildman–Crippen MR) is 72.2 cm³/mol. The third-order valence-corrected chi connectivity index (χ3v) is 3.75. The minimum Gasteiger partial charge on any atom is -0.379 e. The molecule has 2 unspecified atom stereocenters. The number of hydrogen-bond donors (Lipinski definition) is 1. The molecule has 1 saturated carbocycles. The molecular formula is C15H18N2O. The predicted octanol–water partition coefficient (Wildman–Crippen LogP) is 2.66. The van der Waals surface area contributed by atoms with Crippen LogP contribution in [-0.2, 0) is 4.74 Å². The van der Waals surface area contributed by atoms with Gasteiger partial charge in [0.15, 0.2) is 0 Å². The third kappa shape index (κ3) is 2.00. The lowest BCUT2D eigenvalue weighted by atomic mass is 9.95. The monoisotopic (exact) mass is 242 g/mol. The average molecular weight is 242 g/mol. The number of pyridine rings is 1. The standard InChI is InChI=1S/C15H18N2O/c1-18-15(10-7-8-10)14(16)12-4-2-6-13-11(12)5-3-9-17-13/h2-6,9-10,14-15H,7-8,16H2,1H3. The number of ether oxygens (including phenoxy) is 1. The molecule has 1 heterocycles. The summed E-state index contributed by atoms with van der Waals surface area (Å²) < 4.78 is 5.59. The van der Waals surface area contributed by atoms with Crippen LogP contribution in [-0.4, -0.2) is 18.2 Å². The van der Waals surface area contributed by atoms with Crippen molar-refractivity contribution in [2.45, 2.75) is 25.0 Å². The van der Waals surface area contributed by atoms with Crippen LogP contribution < -0.4 is 5.73 Å². The first-order valence-electron chi connectivity index (χ1n) is 6.43. The first-order chi connectivity index (χ1) is 8.81. The topological polar surface area (TPSA) is 48.1 Å². The van der Waals surface area contributed by atoms with Gasteiger partial charge in [-0.05, 0) is 36.5 Å². The van der Waals surface area contributed by atoms with E-state index in [1.54, 1.807) is 7.11 Å². The fraction of sp³-hybridized carbons (Fsp3) is 0.400. The van der Waals surface area contributed by atoms with Crippen LogP contribution in [0.15, 0.2) is 36.5 Å². The van der Waals surface area contributed by atoms with Gasteiger partial charge in [-0.15, -0.1) is 0 Å². The summed E-state index contributed by atoms with van der Waals surface area (Å²) in [7, 11) is 1.76. The van der Waals surface area contributed by atoms with Gasteiger partial charge >= 0.3 is 0 Å². The molecular weight excluding hydrogens is 224 g/mol. The van der Waals surface area contributed by atoms with Gasteiger partial charge in [-0.3, -0.25) is 4.98 Å². The Kier molecular flexibility index (Phi) is 3.02. The molecule has 1 fully saturated rings. The second-order valence-corrected chi connectivity index (χ2v) is 4.98. The van der Waals surface area contributed by atoms with Crippen LogP contribution in [0.3, 0.4) is 0 Å². The van der Waals surface area contributed by atoms with Gasteiger partial charge in [-0.1, -0.05) is 18.2 Å². The first kappa shape index (κ1) is 11.6. The van der Waals surface area contributed by atoms with Crippen LogP contribution in [0, 0.1) is 5.92 Å². The van der Waals surface area contributed by atoms with Crippen LogP contribution >= 0.6 is 0 Å². The highest BCUT2D eigenvalue weighted by Crippen LogP contribution is 2.39. The lowest BCUT2D eigenvalue weighted by Gasteiger charge is -2.23. The average Bonchev–Trinajstić information content (AvgIpc) is 3.23. The van der Waals surface area contributed by atoms with E-state index in [9.17, 15) is 0 Å². The van der Waals surface area contributed by atoms with Crippen molar-refractivity contribution in [3.8, 4) is 0 Å². The molecule has 0 bridgehead atoms. The molecule has 2 aromatic rings. The smallest absolute Gasteiger partial charge is 0.0792 e. The summed E-state index contributed by atoms with van der Waals surface area (Å²) in [4.78, 5) is 4.37. The molecule has 2 N–H and O–H groups in total. The molecule has 0 radical (unpaired) electrons. The quantitative estimate of drug-likeness (QED) is 0.896. The van der Waals surface area contributed by atoms with Crippen LogP contribution in [0.4, 0.5) is 0 Å². The number of nitrogens with two attached hydrogens (primary N) is 1. The highest BCUT2D eigenvalue weighted by molar-refractivity contribution is 5.82. The first-order valence-corrected chi connectivity index (χ1v) is 6.43. The van der Waals surface area contributed by atoms with E-state index >= 15 is 0 Å². The summed E-state index contributed by atoms with van der Waals surface area (Å²) in [6.45, 7) is 0. The van der Waals surface area contributed by atoms with Gasteiger partial charge in [0.1, 0.15) is 0 Å². The normalized spacial score (nSPS) is 18.8. The maximum Gasteiger partial charge on any atom is 0.0792 e. The Morgan fingerprint density at radius 2 is 2.11 bits per heavy atom. The Labute approximate surface area is 107 Å². The maximum absolute atomic E-state index is 6.40. The molecule has 1 aliphatic rings. The largest absolute Gasteiger partial charge is 0.379 e. The molecule has 1 aliphatic carbocycles. The Hall–Kier alpha value is -1.45. The summed E-state index contributed by atoms with van der Waals surface area (Å²) in [5.74, 6) is 0.622. The van der Waals surface area contributed by atoms with Crippen molar-refractivity contribution in [2.24, 2.45) is 11.7 Å². The molecule has 1 aromatic carbocycles. The van der Waals surface area contributed by atoms with E-state index in [0.717, 1.165) is 16.5 Å². The van der Waals surface area contributed by atoms with Gasteiger partial charge in [-0.25, -0.2) is 0 Å². The van der Waals surface area contributed by atoms with Gasteiger partial charge in [0, 0.05) is 18.7 Å². The van der Waals surface area contributed by atoms with E-state index < -0.39 is 0 Å². The number of fused-ring (bicyclic) bond motifs is 1. The molecule has 0 spiro atoms. The van der Waals surface area contributed by atoms with Crippen molar-refractivity contribution in [3.05, 3.63) is 42.1 Å². The zero-order chi connectivity index (χ0) is 12.5. The van der Waals surface area contributed by atoms with E-state index in [2.05, 4.69) is 17.1 Å². The second-order valence-electron chi connectivity index (χ2n) is 4.98. The Bertz CT molecular complexity index is 546. The second kappa shape index (κ2) is 4.67. The molecule has 0 saturated heterocycles. The van der Waals surface area contributed by atoms with E-state index in [1.165, 1.54) is 12.8 Å². The highest BCUT2D eigenvalue weighted by Gasteiger charge is 2.36. The van der Waals surface area contributed by atoms with Crippen molar-refractivity contribution in [2.75, 3.05) is 7.11 Å². The zero-order valence-corrected chi connectivity index (χ0v) is 10.5. The molecule has 94 valence electrons. The van der Waals surface area contributed by atoms with Crippen LogP contribution in [0.2, 0.25) is 0 Å². The summed E-state index contributed by atoms with van der Waals surface area (Å²) >= 11 is 0. The molecule has 0 aliphatic heterocycles. The molecule has 1 aromatic heterocycles. The van der Waals surface area contributed by atoms with Gasteiger partial charge in [0.25, 0.3) is 0 Å². The zero-order valence-electron chi connectivity index (χ0n) is 10.5. The lowest BCUT2D eigenvalue weighted by Crippen LogP contribution is -2.30. The SMILES string of the molecule is COC(C1CC1)C(N)c1cccc2ncccc12. The number of methoxy groups -OCH3 is 1. The Morgan fingerprint density at radius 3 is 2.83 bits per heavy atom. The third-order valence-electron chi connectivity index (χ3n) is 3.75. The molecule has 18 heavy (non-hydrogen) atoms. The molecule has 2 atom stereocenters. The minimum absolute atomic E-state index is 0.0737. The molecule has 3 heteroatoms. The number of rotatable bonds is 4. The van der Waals surface area contributed by atoms with Crippen molar-refractivity contribution >= 4 is 10.9 Å². The van der Waals surface area contributed by atoms with Crippen molar-refractivity contribution in [3.63, 3.8) is 0 Å². The summed E-state index contributed by atoms with van der Waals surface area (Å²) in [6.07, 6.45) is 4.40. The maximum atomic E-state index is 6.40. The van der Waals surface area contributed by atoms with E-state index in [0.29, 0.717) is 5.92 Å². The fourth-order valence-electron chi connectivity index (χ4n) is 2.65. The molecule has 0 amide bonds. The number of hydrogen-bond acceptors (Lipinski definition) is 3. The Balaban J connectivity index is 2.02. The van der Waals surface area contributed by atoms with Gasteiger partial charge in [0.05, 0.1) is 17.7 Å². The van der Waals surface area contributed by atoms with E-state index in [-0.39, 0.29) is 12.1 Å². The van der Waals surface area contributed by atoms with Crippen LogP contribution in [0.25, 0.3) is 10.9 Å². The van der Waals surface area contributed by atoms with Crippen LogP contribution in [0.5, 0.6) is 0 Å². The highest BCUT2D eigenvalue weighted by atomic mass is 16.5. The number of benzene rings is 1. The fourth-order valence-corrected chi connectivity index (χ4v) is 2.65. The van der Waals surface area contributed by atoms with Gasteiger partial charge in [-0.2, -0.15) is 0 Å². The summed E-state index contributed by atoms with van der Waals surface area (Å²) in [5, 5.41) is 1.13. The van der Waals surface area contributed by atoms with E-state index in [1.807, 2.05) is 24.4 Å². The lowest BCUT2D eigenvalue weighted by molar-refractivity contribution is 0.0628. The summed E-state index contributed by atoms with van der Waals surface area (Å²) in [5.41, 5.74) is 8.54.